The summed E-state index contributed by atoms with van der Waals surface area (Å²) < 4.78 is 24.4. The van der Waals surface area contributed by atoms with E-state index in [-0.39, 0.29) is 15.8 Å². The van der Waals surface area contributed by atoms with E-state index >= 15 is 0 Å². The highest BCUT2D eigenvalue weighted by Crippen LogP contribution is 2.34. The van der Waals surface area contributed by atoms with Gasteiger partial charge in [0.1, 0.15) is 5.82 Å². The number of thiocarbonyl (C=S) groups is 1. The molecule has 8 heteroatoms. The van der Waals surface area contributed by atoms with Crippen LogP contribution in [0.2, 0.25) is 0 Å². The van der Waals surface area contributed by atoms with Crippen molar-refractivity contribution < 1.29 is 18.7 Å². The number of thioether (sulfide) groups is 1. The Morgan fingerprint density at radius 1 is 1.15 bits per heavy atom. The number of methoxy groups -OCH3 is 2. The fourth-order valence-corrected chi connectivity index (χ4v) is 3.53. The zero-order chi connectivity index (χ0) is 19.4. The molecule has 0 aromatic heterocycles. The van der Waals surface area contributed by atoms with Gasteiger partial charge in [0.2, 0.25) is 0 Å². The van der Waals surface area contributed by atoms with Gasteiger partial charge in [-0.1, -0.05) is 36.0 Å². The number of nitrogens with zero attached hydrogens (tertiary/aromatic N) is 2. The van der Waals surface area contributed by atoms with E-state index < -0.39 is 5.82 Å². The van der Waals surface area contributed by atoms with Gasteiger partial charge < -0.3 is 9.47 Å². The largest absolute Gasteiger partial charge is 0.493 e. The van der Waals surface area contributed by atoms with Crippen molar-refractivity contribution in [1.29, 1.82) is 0 Å². The number of benzene rings is 2. The molecule has 1 heterocycles. The number of carbonyl (C=O) groups excluding carboxylic acids is 1. The maximum atomic E-state index is 13.7. The Labute approximate surface area is 165 Å². The molecular weight excluding hydrogens is 387 g/mol. The third-order valence-electron chi connectivity index (χ3n) is 3.70. The lowest BCUT2D eigenvalue weighted by molar-refractivity contribution is -0.122. The van der Waals surface area contributed by atoms with Gasteiger partial charge >= 0.3 is 0 Å². The number of ether oxygens (including phenoxy) is 2. The molecule has 1 amide bonds. The van der Waals surface area contributed by atoms with Crippen LogP contribution in [-0.4, -0.2) is 35.7 Å². The molecular formula is C19H15FN2O3S2. The molecule has 27 heavy (non-hydrogen) atoms. The first-order valence-electron chi connectivity index (χ1n) is 7.82. The van der Waals surface area contributed by atoms with Crippen LogP contribution >= 0.6 is 24.0 Å². The first-order valence-corrected chi connectivity index (χ1v) is 9.04. The summed E-state index contributed by atoms with van der Waals surface area (Å²) in [4.78, 5) is 13.0. The Balaban J connectivity index is 1.83. The normalized spacial score (nSPS) is 15.8. The quantitative estimate of drug-likeness (QED) is 0.429. The fraction of sp³-hybridized carbons (Fsp3) is 0.105. The van der Waals surface area contributed by atoms with Gasteiger partial charge in [-0.25, -0.2) is 4.39 Å². The van der Waals surface area contributed by atoms with Crippen molar-refractivity contribution in [2.75, 3.05) is 14.2 Å². The number of rotatable bonds is 5. The van der Waals surface area contributed by atoms with Gasteiger partial charge in [0, 0.05) is 5.56 Å². The van der Waals surface area contributed by atoms with Crippen molar-refractivity contribution in [1.82, 2.24) is 5.01 Å². The van der Waals surface area contributed by atoms with E-state index in [9.17, 15) is 9.18 Å². The molecule has 1 fully saturated rings. The van der Waals surface area contributed by atoms with Gasteiger partial charge in [0.15, 0.2) is 15.8 Å². The fourth-order valence-electron chi connectivity index (χ4n) is 2.35. The van der Waals surface area contributed by atoms with Crippen LogP contribution in [0.3, 0.4) is 0 Å². The molecule has 5 nitrogen and oxygen atoms in total. The van der Waals surface area contributed by atoms with E-state index in [0.29, 0.717) is 16.4 Å². The van der Waals surface area contributed by atoms with Crippen LogP contribution < -0.4 is 9.47 Å². The summed E-state index contributed by atoms with van der Waals surface area (Å²) in [6.45, 7) is 0. The Kier molecular flexibility index (Phi) is 5.88. The van der Waals surface area contributed by atoms with Gasteiger partial charge in [-0.05, 0) is 42.1 Å². The number of carbonyl (C=O) groups is 1. The summed E-state index contributed by atoms with van der Waals surface area (Å²) in [7, 11) is 3.09. The second-order valence-corrected chi connectivity index (χ2v) is 7.05. The highest BCUT2D eigenvalue weighted by Gasteiger charge is 2.32. The molecule has 1 saturated heterocycles. The minimum Gasteiger partial charge on any atom is -0.493 e. The van der Waals surface area contributed by atoms with Crippen LogP contribution in [0.5, 0.6) is 11.5 Å². The minimum atomic E-state index is -0.424. The molecule has 3 rings (SSSR count). The Morgan fingerprint density at radius 2 is 1.89 bits per heavy atom. The molecule has 0 saturated carbocycles. The van der Waals surface area contributed by atoms with Gasteiger partial charge in [-0.2, -0.15) is 10.1 Å². The molecule has 138 valence electrons. The molecule has 0 bridgehead atoms. The summed E-state index contributed by atoms with van der Waals surface area (Å²) in [5.41, 5.74) is 1.03. The molecule has 2 aromatic carbocycles. The van der Waals surface area contributed by atoms with Gasteiger partial charge in [0.25, 0.3) is 5.91 Å². The summed E-state index contributed by atoms with van der Waals surface area (Å²) in [6.07, 6.45) is 2.97. The van der Waals surface area contributed by atoms with Crippen molar-refractivity contribution in [2.45, 2.75) is 0 Å². The standard InChI is InChI=1S/C19H15FN2O3S2/c1-24-15-8-7-12(9-16(15)25-2)10-17-18(23)22(19(26)27-17)21-11-13-5-3-4-6-14(13)20/h3-11H,1-2H3/b17-10+,21-11+. The predicted molar refractivity (Wildman–Crippen MR) is 109 cm³/mol. The number of hydrogen-bond donors (Lipinski definition) is 0. The summed E-state index contributed by atoms with van der Waals surface area (Å²) in [6, 6.07) is 11.5. The lowest BCUT2D eigenvalue weighted by Gasteiger charge is -2.08. The average molecular weight is 402 g/mol. The topological polar surface area (TPSA) is 51.1 Å². The highest BCUT2D eigenvalue weighted by molar-refractivity contribution is 8.26. The summed E-state index contributed by atoms with van der Waals surface area (Å²) in [5, 5.41) is 5.12. The van der Waals surface area contributed by atoms with Crippen LogP contribution in [0, 0.1) is 5.82 Å². The lowest BCUT2D eigenvalue weighted by atomic mass is 10.2. The minimum absolute atomic E-state index is 0.274. The molecule has 1 aliphatic rings. The average Bonchev–Trinajstić information content (AvgIpc) is 2.94. The van der Waals surface area contributed by atoms with Gasteiger partial charge in [-0.15, -0.1) is 0 Å². The second kappa shape index (κ2) is 8.32. The molecule has 1 aliphatic heterocycles. The van der Waals surface area contributed by atoms with E-state index in [4.69, 9.17) is 21.7 Å². The van der Waals surface area contributed by atoms with E-state index in [1.54, 1.807) is 56.7 Å². The maximum Gasteiger partial charge on any atom is 0.286 e. The Hall–Kier alpha value is -2.71. The third kappa shape index (κ3) is 4.17. The number of hydrogen-bond acceptors (Lipinski definition) is 6. The highest BCUT2D eigenvalue weighted by atomic mass is 32.2. The van der Waals surface area contributed by atoms with E-state index in [1.165, 1.54) is 12.3 Å². The van der Waals surface area contributed by atoms with Gasteiger partial charge in [0.05, 0.1) is 25.3 Å². The second-order valence-electron chi connectivity index (χ2n) is 5.37. The smallest absolute Gasteiger partial charge is 0.286 e. The number of hydrazone groups is 1. The molecule has 0 aliphatic carbocycles. The zero-order valence-electron chi connectivity index (χ0n) is 14.5. The van der Waals surface area contributed by atoms with Crippen molar-refractivity contribution in [3.8, 4) is 11.5 Å². The van der Waals surface area contributed by atoms with Crippen LogP contribution in [-0.2, 0) is 4.79 Å². The molecule has 2 aromatic rings. The first kappa shape index (κ1) is 19.1. The Bertz CT molecular complexity index is 960. The lowest BCUT2D eigenvalue weighted by Crippen LogP contribution is -2.22. The van der Waals surface area contributed by atoms with Crippen molar-refractivity contribution in [3.63, 3.8) is 0 Å². The number of amides is 1. The van der Waals surface area contributed by atoms with E-state index in [1.807, 2.05) is 0 Å². The molecule has 0 N–H and O–H groups in total. The molecule has 0 unspecified atom stereocenters. The first-order chi connectivity index (χ1) is 13.0. The zero-order valence-corrected chi connectivity index (χ0v) is 16.1. The maximum absolute atomic E-state index is 13.7. The van der Waals surface area contributed by atoms with Crippen molar-refractivity contribution >= 4 is 46.5 Å². The van der Waals surface area contributed by atoms with Gasteiger partial charge in [-0.3, -0.25) is 4.79 Å². The Morgan fingerprint density at radius 3 is 2.59 bits per heavy atom. The molecule has 0 atom stereocenters. The summed E-state index contributed by atoms with van der Waals surface area (Å²) in [5.74, 6) is 0.357. The number of halogens is 1. The van der Waals surface area contributed by atoms with Crippen molar-refractivity contribution in [3.05, 3.63) is 64.3 Å². The van der Waals surface area contributed by atoms with Crippen LogP contribution in [0.1, 0.15) is 11.1 Å². The summed E-state index contributed by atoms with van der Waals surface area (Å²) >= 11 is 6.35. The third-order valence-corrected chi connectivity index (χ3v) is 4.98. The van der Waals surface area contributed by atoms with Crippen molar-refractivity contribution in [2.24, 2.45) is 5.10 Å². The SMILES string of the molecule is COc1ccc(/C=C2/SC(=S)N(/N=C/c3ccccc3F)C2=O)cc1OC. The van der Waals surface area contributed by atoms with Crippen LogP contribution in [0.25, 0.3) is 6.08 Å². The van der Waals surface area contributed by atoms with Crippen LogP contribution in [0.4, 0.5) is 4.39 Å². The molecule has 0 spiro atoms. The molecule has 0 radical (unpaired) electrons. The van der Waals surface area contributed by atoms with E-state index in [2.05, 4.69) is 5.10 Å². The monoisotopic (exact) mass is 402 g/mol. The van der Waals surface area contributed by atoms with Crippen LogP contribution in [0.15, 0.2) is 52.5 Å². The predicted octanol–water partition coefficient (Wildman–Crippen LogP) is 4.08. The van der Waals surface area contributed by atoms with E-state index in [0.717, 1.165) is 22.3 Å².